The van der Waals surface area contributed by atoms with Gasteiger partial charge in [0.1, 0.15) is 0 Å². The molecule has 2 saturated heterocycles. The van der Waals surface area contributed by atoms with Gasteiger partial charge in [-0.2, -0.15) is 0 Å². The maximum Gasteiger partial charge on any atom is 0.236 e. The average molecular weight is 518 g/mol. The summed E-state index contributed by atoms with van der Waals surface area (Å²) in [6.45, 7) is 3.39. The molecule has 1 aromatic carbocycles. The lowest BCUT2D eigenvalue weighted by Gasteiger charge is -2.48. The number of nitrogens with one attached hydrogen (secondary N) is 1. The Morgan fingerprint density at radius 1 is 1.12 bits per heavy atom. The van der Waals surface area contributed by atoms with Crippen LogP contribution in [0.2, 0.25) is 0 Å². The highest BCUT2D eigenvalue weighted by Crippen LogP contribution is 2.45. The molecule has 7 heteroatoms. The van der Waals surface area contributed by atoms with Crippen LogP contribution in [0.15, 0.2) is 22.7 Å². The highest BCUT2D eigenvalue weighted by atomic mass is 79.9. The fraction of sp³-hybridized carbons (Fsp3) is 0.692. The van der Waals surface area contributed by atoms with Crippen molar-refractivity contribution >= 4 is 27.7 Å². The first-order valence-electron chi connectivity index (χ1n) is 12.8. The van der Waals surface area contributed by atoms with Crippen LogP contribution in [0.25, 0.3) is 0 Å². The minimum absolute atomic E-state index is 0.00133. The molecular formula is C26H37BrN4O2. The molecule has 2 unspecified atom stereocenters. The Labute approximate surface area is 205 Å². The van der Waals surface area contributed by atoms with Crippen molar-refractivity contribution in [3.05, 3.63) is 33.8 Å². The number of carbonyl (C=O) groups is 2. The molecule has 3 fully saturated rings. The molecule has 1 spiro atoms. The zero-order chi connectivity index (χ0) is 23.0. The second-order valence-electron chi connectivity index (χ2n) is 10.6. The van der Waals surface area contributed by atoms with Crippen LogP contribution < -0.4 is 11.1 Å². The molecule has 3 aliphatic heterocycles. The van der Waals surface area contributed by atoms with Gasteiger partial charge in [-0.05, 0) is 61.3 Å². The van der Waals surface area contributed by atoms with Crippen molar-refractivity contribution < 1.29 is 9.59 Å². The van der Waals surface area contributed by atoms with Crippen LogP contribution in [-0.2, 0) is 21.5 Å². The first-order valence-corrected chi connectivity index (χ1v) is 13.6. The van der Waals surface area contributed by atoms with Gasteiger partial charge in [-0.25, -0.2) is 0 Å². The summed E-state index contributed by atoms with van der Waals surface area (Å²) in [5.41, 5.74) is 7.71. The van der Waals surface area contributed by atoms with Crippen molar-refractivity contribution in [2.24, 2.45) is 17.6 Å². The number of carbonyl (C=O) groups excluding carboxylic acids is 2. The first-order chi connectivity index (χ1) is 16.0. The molecule has 3 atom stereocenters. The Morgan fingerprint density at radius 3 is 2.70 bits per heavy atom. The van der Waals surface area contributed by atoms with E-state index in [0.717, 1.165) is 29.4 Å². The van der Waals surface area contributed by atoms with Crippen LogP contribution in [0.5, 0.6) is 0 Å². The molecule has 3 heterocycles. The first kappa shape index (κ1) is 23.3. The average Bonchev–Trinajstić information content (AvgIpc) is 3.26. The predicted molar refractivity (Wildman–Crippen MR) is 133 cm³/mol. The van der Waals surface area contributed by atoms with Gasteiger partial charge in [0.2, 0.25) is 11.8 Å². The summed E-state index contributed by atoms with van der Waals surface area (Å²) in [5, 5.41) is 3.55. The standard InChI is InChI=1S/C26H37BrN4O2/c27-20-9-10-21-19(12-20)15-30(24(32)13-28)17-26(21)16-29-14-22(26)25(33)31-11-5-4-8-23(31)18-6-2-1-3-7-18/h9-10,12,18,22-23,29H,1-8,11,13-17,28H2/t22?,23?,26-/m1/s1. The maximum atomic E-state index is 14.3. The van der Waals surface area contributed by atoms with Gasteiger partial charge in [0.25, 0.3) is 0 Å². The summed E-state index contributed by atoms with van der Waals surface area (Å²) in [5.74, 6) is 0.746. The summed E-state index contributed by atoms with van der Waals surface area (Å²) in [7, 11) is 0. The third kappa shape index (κ3) is 4.25. The number of amides is 2. The molecule has 0 radical (unpaired) electrons. The summed E-state index contributed by atoms with van der Waals surface area (Å²) in [4.78, 5) is 31.1. The smallest absolute Gasteiger partial charge is 0.236 e. The SMILES string of the molecule is NCC(=O)N1Cc2cc(Br)ccc2[C@@]2(CNCC2C(=O)N2CCCCC2C2CCCCC2)C1. The molecule has 1 aromatic rings. The minimum Gasteiger partial charge on any atom is -0.339 e. The third-order valence-electron chi connectivity index (χ3n) is 8.75. The lowest BCUT2D eigenvalue weighted by Crippen LogP contribution is -2.58. The van der Waals surface area contributed by atoms with E-state index < -0.39 is 5.41 Å². The molecule has 0 aromatic heterocycles. The monoisotopic (exact) mass is 516 g/mol. The number of halogens is 1. The van der Waals surface area contributed by atoms with Gasteiger partial charge in [-0.1, -0.05) is 41.3 Å². The zero-order valence-electron chi connectivity index (χ0n) is 19.5. The fourth-order valence-electron chi connectivity index (χ4n) is 7.14. The van der Waals surface area contributed by atoms with E-state index in [1.54, 1.807) is 0 Å². The van der Waals surface area contributed by atoms with Crippen LogP contribution in [0.1, 0.15) is 62.5 Å². The molecule has 6 nitrogen and oxygen atoms in total. The number of hydrogen-bond acceptors (Lipinski definition) is 4. The Bertz CT molecular complexity index is 902. The number of piperidine rings is 1. The van der Waals surface area contributed by atoms with Crippen molar-refractivity contribution in [1.29, 1.82) is 0 Å². The quantitative estimate of drug-likeness (QED) is 0.646. The van der Waals surface area contributed by atoms with Gasteiger partial charge in [0.05, 0.1) is 12.5 Å². The van der Waals surface area contributed by atoms with Crippen LogP contribution in [0.4, 0.5) is 0 Å². The van der Waals surface area contributed by atoms with Crippen molar-refractivity contribution in [2.45, 2.75) is 69.4 Å². The van der Waals surface area contributed by atoms with E-state index in [1.165, 1.54) is 44.1 Å². The number of benzene rings is 1. The van der Waals surface area contributed by atoms with Crippen LogP contribution in [0, 0.1) is 11.8 Å². The van der Waals surface area contributed by atoms with E-state index in [4.69, 9.17) is 5.73 Å². The topological polar surface area (TPSA) is 78.7 Å². The predicted octanol–water partition coefficient (Wildman–Crippen LogP) is 3.17. The second-order valence-corrected chi connectivity index (χ2v) is 11.5. The van der Waals surface area contributed by atoms with Crippen molar-refractivity contribution in [1.82, 2.24) is 15.1 Å². The Kier molecular flexibility index (Phi) is 6.83. The van der Waals surface area contributed by atoms with Crippen molar-refractivity contribution in [3.63, 3.8) is 0 Å². The number of nitrogens with zero attached hydrogens (tertiary/aromatic N) is 2. The van der Waals surface area contributed by atoms with E-state index in [2.05, 4.69) is 44.3 Å². The highest BCUT2D eigenvalue weighted by Gasteiger charge is 2.54. The number of nitrogens with two attached hydrogens (primary N) is 1. The van der Waals surface area contributed by atoms with Crippen molar-refractivity contribution in [3.8, 4) is 0 Å². The molecular weight excluding hydrogens is 480 g/mol. The zero-order valence-corrected chi connectivity index (χ0v) is 21.1. The fourth-order valence-corrected chi connectivity index (χ4v) is 7.55. The van der Waals surface area contributed by atoms with Gasteiger partial charge < -0.3 is 20.9 Å². The van der Waals surface area contributed by atoms with Crippen molar-refractivity contribution in [2.75, 3.05) is 32.7 Å². The van der Waals surface area contributed by atoms with Crippen LogP contribution in [0.3, 0.4) is 0 Å². The highest BCUT2D eigenvalue weighted by molar-refractivity contribution is 9.10. The molecule has 2 amide bonds. The largest absolute Gasteiger partial charge is 0.339 e. The molecule has 3 N–H and O–H groups in total. The number of likely N-dealkylation sites (tertiary alicyclic amines) is 1. The van der Waals surface area contributed by atoms with Gasteiger partial charge in [0.15, 0.2) is 0 Å². The summed E-state index contributed by atoms with van der Waals surface area (Å²) in [6.07, 6.45) is 9.94. The maximum absolute atomic E-state index is 14.3. The Hall–Kier alpha value is -1.44. The molecule has 1 aliphatic carbocycles. The van der Waals surface area contributed by atoms with Gasteiger partial charge in [-0.3, -0.25) is 9.59 Å². The van der Waals surface area contributed by atoms with Crippen LogP contribution in [-0.4, -0.2) is 60.4 Å². The summed E-state index contributed by atoms with van der Waals surface area (Å²) < 4.78 is 1.00. The Morgan fingerprint density at radius 2 is 1.91 bits per heavy atom. The minimum atomic E-state index is -0.398. The molecule has 180 valence electrons. The number of hydrogen-bond donors (Lipinski definition) is 2. The molecule has 1 saturated carbocycles. The van der Waals surface area contributed by atoms with Gasteiger partial charge in [0, 0.05) is 48.7 Å². The van der Waals surface area contributed by atoms with E-state index in [9.17, 15) is 9.59 Å². The number of rotatable bonds is 3. The lowest BCUT2D eigenvalue weighted by atomic mass is 9.67. The lowest BCUT2D eigenvalue weighted by molar-refractivity contribution is -0.144. The molecule has 33 heavy (non-hydrogen) atoms. The van der Waals surface area contributed by atoms with Gasteiger partial charge in [-0.15, -0.1) is 0 Å². The van der Waals surface area contributed by atoms with E-state index >= 15 is 0 Å². The van der Waals surface area contributed by atoms with Gasteiger partial charge >= 0.3 is 0 Å². The van der Waals surface area contributed by atoms with E-state index in [1.807, 2.05) is 4.90 Å². The third-order valence-corrected chi connectivity index (χ3v) is 9.24. The summed E-state index contributed by atoms with van der Waals surface area (Å²) >= 11 is 3.60. The second kappa shape index (κ2) is 9.67. The normalized spacial score (nSPS) is 30.5. The molecule has 4 aliphatic rings. The number of fused-ring (bicyclic) bond motifs is 2. The van der Waals surface area contributed by atoms with Crippen LogP contribution >= 0.6 is 15.9 Å². The van der Waals surface area contributed by atoms with E-state index in [-0.39, 0.29) is 18.4 Å². The van der Waals surface area contributed by atoms with E-state index in [0.29, 0.717) is 44.0 Å². The Balaban J connectivity index is 1.49. The molecule has 5 rings (SSSR count). The summed E-state index contributed by atoms with van der Waals surface area (Å²) in [6, 6.07) is 6.75. The molecule has 0 bridgehead atoms.